The van der Waals surface area contributed by atoms with Crippen LogP contribution >= 0.6 is 0 Å². The highest BCUT2D eigenvalue weighted by Crippen LogP contribution is 2.16. The second kappa shape index (κ2) is 6.31. The first kappa shape index (κ1) is 14.1. The Morgan fingerprint density at radius 3 is 3.00 bits per heavy atom. The quantitative estimate of drug-likeness (QED) is 0.916. The summed E-state index contributed by atoms with van der Waals surface area (Å²) >= 11 is 0. The normalized spacial score (nSPS) is 18.1. The Balaban J connectivity index is 1.55. The van der Waals surface area contributed by atoms with E-state index in [0.29, 0.717) is 6.10 Å². The zero-order chi connectivity index (χ0) is 14.7. The molecule has 2 aromatic rings. The van der Waals surface area contributed by atoms with Crippen LogP contribution in [0, 0.1) is 13.8 Å². The van der Waals surface area contributed by atoms with Crippen molar-refractivity contribution in [1.82, 2.24) is 9.78 Å². The second-order valence-corrected chi connectivity index (χ2v) is 5.86. The van der Waals surface area contributed by atoms with Gasteiger partial charge in [0.25, 0.3) is 0 Å². The molecule has 3 rings (SSSR count). The molecule has 1 N–H and O–H groups in total. The molecule has 1 saturated heterocycles. The van der Waals surface area contributed by atoms with Crippen molar-refractivity contribution in [3.63, 3.8) is 0 Å². The third kappa shape index (κ3) is 3.64. The molecule has 21 heavy (non-hydrogen) atoms. The molecule has 0 amide bonds. The molecule has 0 spiro atoms. The first-order chi connectivity index (χ1) is 10.2. The van der Waals surface area contributed by atoms with E-state index in [-0.39, 0.29) is 0 Å². The third-order valence-electron chi connectivity index (χ3n) is 4.12. The third-order valence-corrected chi connectivity index (χ3v) is 4.12. The molecule has 0 aliphatic carbocycles. The molecule has 0 radical (unpaired) electrons. The topological polar surface area (TPSA) is 39.1 Å². The van der Waals surface area contributed by atoms with E-state index in [1.54, 1.807) is 0 Å². The standard InChI is InChI=1S/C17H23N3O/c1-13-5-6-15(8-14(13)2)9-18-16-10-19-20(11-16)12-17-4-3-7-21-17/h5-6,8,10-11,17-18H,3-4,7,9,12H2,1-2H3. The molecule has 1 aliphatic rings. The molecule has 0 saturated carbocycles. The summed E-state index contributed by atoms with van der Waals surface area (Å²) in [5, 5.41) is 7.83. The maximum atomic E-state index is 5.64. The van der Waals surface area contributed by atoms with Crippen LogP contribution in [0.2, 0.25) is 0 Å². The van der Waals surface area contributed by atoms with E-state index in [1.807, 2.05) is 10.9 Å². The first-order valence-corrected chi connectivity index (χ1v) is 7.65. The van der Waals surface area contributed by atoms with Gasteiger partial charge in [0.15, 0.2) is 0 Å². The molecule has 1 unspecified atom stereocenters. The molecule has 2 heterocycles. The SMILES string of the molecule is Cc1ccc(CNc2cnn(CC3CCCO3)c2)cc1C. The second-order valence-electron chi connectivity index (χ2n) is 5.86. The van der Waals surface area contributed by atoms with Crippen molar-refractivity contribution in [3.8, 4) is 0 Å². The van der Waals surface area contributed by atoms with Crippen molar-refractivity contribution in [1.29, 1.82) is 0 Å². The van der Waals surface area contributed by atoms with Gasteiger partial charge in [0, 0.05) is 19.3 Å². The summed E-state index contributed by atoms with van der Waals surface area (Å²) in [6.45, 7) is 6.86. The van der Waals surface area contributed by atoms with Gasteiger partial charge in [-0.25, -0.2) is 0 Å². The Morgan fingerprint density at radius 1 is 1.33 bits per heavy atom. The molecule has 1 atom stereocenters. The highest BCUT2D eigenvalue weighted by Gasteiger charge is 2.16. The van der Waals surface area contributed by atoms with Gasteiger partial charge < -0.3 is 10.1 Å². The van der Waals surface area contributed by atoms with Crippen LogP contribution in [0.1, 0.15) is 29.5 Å². The van der Waals surface area contributed by atoms with E-state index >= 15 is 0 Å². The maximum Gasteiger partial charge on any atom is 0.0771 e. The lowest BCUT2D eigenvalue weighted by molar-refractivity contribution is 0.0940. The number of benzene rings is 1. The van der Waals surface area contributed by atoms with E-state index in [1.165, 1.54) is 23.1 Å². The maximum absolute atomic E-state index is 5.64. The molecule has 1 aromatic heterocycles. The van der Waals surface area contributed by atoms with Crippen molar-refractivity contribution in [2.45, 2.75) is 45.9 Å². The van der Waals surface area contributed by atoms with Gasteiger partial charge in [0.2, 0.25) is 0 Å². The zero-order valence-electron chi connectivity index (χ0n) is 12.8. The van der Waals surface area contributed by atoms with Crippen LogP contribution in [0.5, 0.6) is 0 Å². The highest BCUT2D eigenvalue weighted by molar-refractivity contribution is 5.40. The van der Waals surface area contributed by atoms with E-state index < -0.39 is 0 Å². The lowest BCUT2D eigenvalue weighted by atomic mass is 10.1. The smallest absolute Gasteiger partial charge is 0.0771 e. The summed E-state index contributed by atoms with van der Waals surface area (Å²) in [7, 11) is 0. The highest BCUT2D eigenvalue weighted by atomic mass is 16.5. The number of rotatable bonds is 5. The Hall–Kier alpha value is -1.81. The zero-order valence-corrected chi connectivity index (χ0v) is 12.8. The monoisotopic (exact) mass is 285 g/mol. The Morgan fingerprint density at radius 2 is 2.24 bits per heavy atom. The Labute approximate surface area is 126 Å². The minimum absolute atomic E-state index is 0.331. The summed E-state index contributed by atoms with van der Waals surface area (Å²) in [5.74, 6) is 0. The molecular weight excluding hydrogens is 262 g/mol. The number of ether oxygens (including phenoxy) is 1. The van der Waals surface area contributed by atoms with Crippen molar-refractivity contribution < 1.29 is 4.74 Å². The van der Waals surface area contributed by atoms with Crippen LogP contribution in [0.4, 0.5) is 5.69 Å². The summed E-state index contributed by atoms with van der Waals surface area (Å²) in [4.78, 5) is 0. The fourth-order valence-corrected chi connectivity index (χ4v) is 2.67. The van der Waals surface area contributed by atoms with Crippen molar-refractivity contribution in [2.75, 3.05) is 11.9 Å². The van der Waals surface area contributed by atoms with Crippen LogP contribution < -0.4 is 5.32 Å². The van der Waals surface area contributed by atoms with Crippen molar-refractivity contribution in [3.05, 3.63) is 47.3 Å². The molecule has 4 nitrogen and oxygen atoms in total. The van der Waals surface area contributed by atoms with Crippen LogP contribution in [0.15, 0.2) is 30.6 Å². The first-order valence-electron chi connectivity index (χ1n) is 7.65. The predicted octanol–water partition coefficient (Wildman–Crippen LogP) is 3.29. The van der Waals surface area contributed by atoms with E-state index in [4.69, 9.17) is 4.74 Å². The summed E-state index contributed by atoms with van der Waals surface area (Å²) < 4.78 is 7.61. The number of nitrogens with zero attached hydrogens (tertiary/aromatic N) is 2. The van der Waals surface area contributed by atoms with Crippen molar-refractivity contribution in [2.24, 2.45) is 0 Å². The molecule has 1 aliphatic heterocycles. The lowest BCUT2D eigenvalue weighted by Crippen LogP contribution is -2.15. The molecule has 1 aromatic carbocycles. The summed E-state index contributed by atoms with van der Waals surface area (Å²) in [6.07, 6.45) is 6.59. The van der Waals surface area contributed by atoms with E-state index in [9.17, 15) is 0 Å². The number of aromatic nitrogens is 2. The van der Waals surface area contributed by atoms with Gasteiger partial charge in [-0.1, -0.05) is 18.2 Å². The van der Waals surface area contributed by atoms with Crippen molar-refractivity contribution >= 4 is 5.69 Å². The molecular formula is C17H23N3O. The van der Waals surface area contributed by atoms with Gasteiger partial charge in [-0.05, 0) is 43.4 Å². The number of anilines is 1. The van der Waals surface area contributed by atoms with Gasteiger partial charge in [0.1, 0.15) is 0 Å². The number of aryl methyl sites for hydroxylation is 2. The van der Waals surface area contributed by atoms with E-state index in [0.717, 1.165) is 31.8 Å². The molecule has 112 valence electrons. The minimum Gasteiger partial charge on any atom is -0.378 e. The Kier molecular flexibility index (Phi) is 4.25. The molecule has 0 bridgehead atoms. The van der Waals surface area contributed by atoms with E-state index in [2.05, 4.69) is 48.7 Å². The Bertz CT molecular complexity index is 600. The van der Waals surface area contributed by atoms with Crippen LogP contribution in [0.25, 0.3) is 0 Å². The van der Waals surface area contributed by atoms with Gasteiger partial charge in [-0.15, -0.1) is 0 Å². The fourth-order valence-electron chi connectivity index (χ4n) is 2.67. The lowest BCUT2D eigenvalue weighted by Gasteiger charge is -2.09. The largest absolute Gasteiger partial charge is 0.378 e. The number of hydrogen-bond donors (Lipinski definition) is 1. The predicted molar refractivity (Wildman–Crippen MR) is 84.4 cm³/mol. The molecule has 4 heteroatoms. The van der Waals surface area contributed by atoms with Crippen LogP contribution in [0.3, 0.4) is 0 Å². The van der Waals surface area contributed by atoms with Gasteiger partial charge in [-0.2, -0.15) is 5.10 Å². The van der Waals surface area contributed by atoms with Gasteiger partial charge >= 0.3 is 0 Å². The number of hydrogen-bond acceptors (Lipinski definition) is 3. The molecule has 1 fully saturated rings. The average Bonchev–Trinajstić information content (AvgIpc) is 3.13. The number of nitrogens with one attached hydrogen (secondary N) is 1. The van der Waals surface area contributed by atoms with Gasteiger partial charge in [-0.3, -0.25) is 4.68 Å². The van der Waals surface area contributed by atoms with Crippen LogP contribution in [-0.4, -0.2) is 22.5 Å². The minimum atomic E-state index is 0.331. The summed E-state index contributed by atoms with van der Waals surface area (Å²) in [5.41, 5.74) is 5.03. The van der Waals surface area contributed by atoms with Crippen LogP contribution in [-0.2, 0) is 17.8 Å². The van der Waals surface area contributed by atoms with Gasteiger partial charge in [0.05, 0.1) is 24.5 Å². The fraction of sp³-hybridized carbons (Fsp3) is 0.471. The average molecular weight is 285 g/mol. The summed E-state index contributed by atoms with van der Waals surface area (Å²) in [6, 6.07) is 6.58.